The molecular formula is C9H15N3O. The normalized spacial score (nSPS) is 29.7. The van der Waals surface area contributed by atoms with Gasteiger partial charge in [-0.15, -0.1) is 0 Å². The number of H-pyrrole nitrogens is 1. The van der Waals surface area contributed by atoms with Crippen molar-refractivity contribution in [3.05, 3.63) is 18.0 Å². The maximum Gasteiger partial charge on any atom is 0.0682 e. The first-order chi connectivity index (χ1) is 6.25. The van der Waals surface area contributed by atoms with Crippen molar-refractivity contribution in [2.24, 2.45) is 0 Å². The van der Waals surface area contributed by atoms with Crippen LogP contribution in [0.2, 0.25) is 0 Å². The van der Waals surface area contributed by atoms with E-state index in [1.165, 1.54) is 0 Å². The lowest BCUT2D eigenvalue weighted by molar-refractivity contribution is 0.172. The highest BCUT2D eigenvalue weighted by Crippen LogP contribution is 2.18. The molecule has 1 aliphatic heterocycles. The summed E-state index contributed by atoms with van der Waals surface area (Å²) < 4.78 is 0. The van der Waals surface area contributed by atoms with E-state index in [0.29, 0.717) is 6.04 Å². The van der Waals surface area contributed by atoms with Gasteiger partial charge in [0.25, 0.3) is 0 Å². The Labute approximate surface area is 77.6 Å². The summed E-state index contributed by atoms with van der Waals surface area (Å²) in [7, 11) is 0. The molecule has 1 fully saturated rings. The molecule has 0 amide bonds. The molecule has 0 radical (unpaired) electrons. The predicted molar refractivity (Wildman–Crippen MR) is 49.1 cm³/mol. The molecule has 1 aromatic rings. The molecule has 1 aliphatic rings. The molecule has 2 N–H and O–H groups in total. The fourth-order valence-corrected chi connectivity index (χ4v) is 1.88. The van der Waals surface area contributed by atoms with Crippen LogP contribution in [-0.4, -0.2) is 38.9 Å². The van der Waals surface area contributed by atoms with Gasteiger partial charge >= 0.3 is 0 Å². The monoisotopic (exact) mass is 181 g/mol. The second-order valence-corrected chi connectivity index (χ2v) is 3.75. The highest BCUT2D eigenvalue weighted by Gasteiger charge is 2.27. The Morgan fingerprint density at radius 1 is 1.77 bits per heavy atom. The number of hydrogen-bond donors (Lipinski definition) is 2. The maximum atomic E-state index is 9.43. The van der Waals surface area contributed by atoms with Crippen LogP contribution in [0.4, 0.5) is 0 Å². The fourth-order valence-electron chi connectivity index (χ4n) is 1.88. The smallest absolute Gasteiger partial charge is 0.0682 e. The van der Waals surface area contributed by atoms with Crippen LogP contribution in [0.25, 0.3) is 0 Å². The van der Waals surface area contributed by atoms with Crippen LogP contribution >= 0.6 is 0 Å². The fraction of sp³-hybridized carbons (Fsp3) is 0.667. The molecular weight excluding hydrogens is 166 g/mol. The van der Waals surface area contributed by atoms with Crippen molar-refractivity contribution in [2.75, 3.05) is 6.54 Å². The molecule has 2 atom stereocenters. The van der Waals surface area contributed by atoms with Gasteiger partial charge in [-0.05, 0) is 19.4 Å². The molecule has 2 heterocycles. The van der Waals surface area contributed by atoms with Gasteiger partial charge in [-0.1, -0.05) is 0 Å². The molecule has 13 heavy (non-hydrogen) atoms. The SMILES string of the molecule is CC1CC(O)CN1Cc1ccn[nH]1. The van der Waals surface area contributed by atoms with Crippen molar-refractivity contribution in [3.63, 3.8) is 0 Å². The van der Waals surface area contributed by atoms with Gasteiger partial charge < -0.3 is 5.11 Å². The Morgan fingerprint density at radius 2 is 2.62 bits per heavy atom. The van der Waals surface area contributed by atoms with Crippen molar-refractivity contribution >= 4 is 0 Å². The minimum atomic E-state index is -0.155. The number of aromatic amines is 1. The van der Waals surface area contributed by atoms with Gasteiger partial charge in [-0.2, -0.15) is 5.10 Å². The summed E-state index contributed by atoms with van der Waals surface area (Å²) in [5, 5.41) is 16.3. The van der Waals surface area contributed by atoms with Gasteiger partial charge in [0.15, 0.2) is 0 Å². The van der Waals surface area contributed by atoms with E-state index in [0.717, 1.165) is 25.2 Å². The van der Waals surface area contributed by atoms with Gasteiger partial charge in [-0.25, -0.2) is 0 Å². The molecule has 2 unspecified atom stereocenters. The maximum absolute atomic E-state index is 9.43. The molecule has 72 valence electrons. The number of aromatic nitrogens is 2. The number of nitrogens with one attached hydrogen (secondary N) is 1. The van der Waals surface area contributed by atoms with Crippen LogP contribution in [0.1, 0.15) is 19.0 Å². The van der Waals surface area contributed by atoms with E-state index in [9.17, 15) is 5.11 Å². The standard InChI is InChI=1S/C9H15N3O/c1-7-4-9(13)6-12(7)5-8-2-3-10-11-8/h2-3,7,9,13H,4-6H2,1H3,(H,10,11). The van der Waals surface area contributed by atoms with E-state index in [2.05, 4.69) is 22.0 Å². The van der Waals surface area contributed by atoms with E-state index in [4.69, 9.17) is 0 Å². The van der Waals surface area contributed by atoms with Crippen molar-refractivity contribution in [1.82, 2.24) is 15.1 Å². The molecule has 0 spiro atoms. The van der Waals surface area contributed by atoms with Gasteiger partial charge in [0.2, 0.25) is 0 Å². The molecule has 1 saturated heterocycles. The Kier molecular flexibility index (Phi) is 2.33. The highest BCUT2D eigenvalue weighted by atomic mass is 16.3. The van der Waals surface area contributed by atoms with Crippen LogP contribution in [0.3, 0.4) is 0 Å². The zero-order chi connectivity index (χ0) is 9.26. The number of aliphatic hydroxyl groups is 1. The van der Waals surface area contributed by atoms with E-state index in [1.54, 1.807) is 6.20 Å². The zero-order valence-corrected chi connectivity index (χ0v) is 7.77. The van der Waals surface area contributed by atoms with Gasteiger partial charge in [0.05, 0.1) is 6.10 Å². The van der Waals surface area contributed by atoms with Crippen molar-refractivity contribution < 1.29 is 5.11 Å². The quantitative estimate of drug-likeness (QED) is 0.693. The summed E-state index contributed by atoms with van der Waals surface area (Å²) in [5.41, 5.74) is 1.11. The van der Waals surface area contributed by atoms with Gasteiger partial charge in [-0.3, -0.25) is 10.00 Å². The molecule has 0 aromatic carbocycles. The van der Waals surface area contributed by atoms with E-state index in [1.807, 2.05) is 6.07 Å². The number of hydrogen-bond acceptors (Lipinski definition) is 3. The minimum absolute atomic E-state index is 0.155. The van der Waals surface area contributed by atoms with Crippen LogP contribution in [0, 0.1) is 0 Å². The third-order valence-corrected chi connectivity index (χ3v) is 2.61. The van der Waals surface area contributed by atoms with Crippen LogP contribution in [0.5, 0.6) is 0 Å². The molecule has 0 bridgehead atoms. The summed E-state index contributed by atoms with van der Waals surface area (Å²) in [6.45, 7) is 3.78. The topological polar surface area (TPSA) is 52.1 Å². The summed E-state index contributed by atoms with van der Waals surface area (Å²) in [4.78, 5) is 2.26. The van der Waals surface area contributed by atoms with Crippen LogP contribution in [-0.2, 0) is 6.54 Å². The molecule has 0 aliphatic carbocycles. The second-order valence-electron chi connectivity index (χ2n) is 3.75. The van der Waals surface area contributed by atoms with Gasteiger partial charge in [0.1, 0.15) is 0 Å². The Bertz CT molecular complexity index is 260. The first kappa shape index (κ1) is 8.72. The predicted octanol–water partition coefficient (Wildman–Crippen LogP) is 0.365. The molecule has 4 heteroatoms. The first-order valence-electron chi connectivity index (χ1n) is 4.66. The molecule has 1 aromatic heterocycles. The number of likely N-dealkylation sites (tertiary alicyclic amines) is 1. The largest absolute Gasteiger partial charge is 0.392 e. The Morgan fingerprint density at radius 3 is 3.15 bits per heavy atom. The molecule has 2 rings (SSSR count). The average Bonchev–Trinajstić information content (AvgIpc) is 2.63. The number of β-amino-alcohol motifs (C(OH)–C–C–N with tert-alkyl or cyclic N) is 1. The van der Waals surface area contributed by atoms with E-state index >= 15 is 0 Å². The summed E-state index contributed by atoms with van der Waals surface area (Å²) >= 11 is 0. The first-order valence-corrected chi connectivity index (χ1v) is 4.66. The van der Waals surface area contributed by atoms with Crippen LogP contribution < -0.4 is 0 Å². The summed E-state index contributed by atoms with van der Waals surface area (Å²) in [6.07, 6.45) is 2.48. The van der Waals surface area contributed by atoms with Crippen molar-refractivity contribution in [3.8, 4) is 0 Å². The third-order valence-electron chi connectivity index (χ3n) is 2.61. The van der Waals surface area contributed by atoms with Crippen molar-refractivity contribution in [1.29, 1.82) is 0 Å². The van der Waals surface area contributed by atoms with Gasteiger partial charge in [0, 0.05) is 31.0 Å². The lowest BCUT2D eigenvalue weighted by atomic mass is 10.2. The summed E-state index contributed by atoms with van der Waals surface area (Å²) in [6, 6.07) is 2.44. The van der Waals surface area contributed by atoms with E-state index in [-0.39, 0.29) is 6.10 Å². The summed E-state index contributed by atoms with van der Waals surface area (Å²) in [5.74, 6) is 0. The third kappa shape index (κ3) is 1.89. The molecule has 0 saturated carbocycles. The minimum Gasteiger partial charge on any atom is -0.392 e. The number of nitrogens with zero attached hydrogens (tertiary/aromatic N) is 2. The van der Waals surface area contributed by atoms with Crippen molar-refractivity contribution in [2.45, 2.75) is 32.0 Å². The Balaban J connectivity index is 1.95. The molecule has 4 nitrogen and oxygen atoms in total. The number of aliphatic hydroxyl groups excluding tert-OH is 1. The average molecular weight is 181 g/mol. The van der Waals surface area contributed by atoms with E-state index < -0.39 is 0 Å². The number of rotatable bonds is 2. The lowest BCUT2D eigenvalue weighted by Gasteiger charge is -2.19. The Hall–Kier alpha value is -0.870. The van der Waals surface area contributed by atoms with Crippen LogP contribution in [0.15, 0.2) is 12.3 Å². The lowest BCUT2D eigenvalue weighted by Crippen LogP contribution is -2.27. The highest BCUT2D eigenvalue weighted by molar-refractivity contribution is 4.99. The zero-order valence-electron chi connectivity index (χ0n) is 7.77. The second kappa shape index (κ2) is 3.47.